The molecule has 22 heavy (non-hydrogen) atoms. The van der Waals surface area contributed by atoms with Crippen molar-refractivity contribution in [3.8, 4) is 11.8 Å². The van der Waals surface area contributed by atoms with E-state index in [9.17, 15) is 0 Å². The third-order valence-corrected chi connectivity index (χ3v) is 3.79. The molecule has 2 aromatic rings. The lowest BCUT2D eigenvalue weighted by molar-refractivity contribution is 0.387. The molecule has 4 nitrogen and oxygen atoms in total. The summed E-state index contributed by atoms with van der Waals surface area (Å²) in [7, 11) is 3.31. The summed E-state index contributed by atoms with van der Waals surface area (Å²) in [6.07, 6.45) is 2.56. The van der Waals surface area contributed by atoms with Crippen LogP contribution in [0.25, 0.3) is 0 Å². The van der Waals surface area contributed by atoms with E-state index in [2.05, 4.69) is 42.9 Å². The van der Waals surface area contributed by atoms with E-state index in [1.165, 1.54) is 5.56 Å². The van der Waals surface area contributed by atoms with Crippen LogP contribution in [0.4, 0.5) is 0 Å². The highest BCUT2D eigenvalue weighted by atomic mass is 16.5. The predicted octanol–water partition coefficient (Wildman–Crippen LogP) is 3.96. The van der Waals surface area contributed by atoms with Crippen molar-refractivity contribution < 1.29 is 9.47 Å². The monoisotopic (exact) mass is 300 g/mol. The molecule has 0 radical (unpaired) electrons. The van der Waals surface area contributed by atoms with Gasteiger partial charge in [0.2, 0.25) is 11.8 Å². The average Bonchev–Trinajstić information content (AvgIpc) is 2.54. The van der Waals surface area contributed by atoms with Gasteiger partial charge >= 0.3 is 0 Å². The van der Waals surface area contributed by atoms with Gasteiger partial charge in [0.05, 0.1) is 14.2 Å². The Hall–Kier alpha value is -2.10. The average molecular weight is 300 g/mol. The molecule has 0 aliphatic carbocycles. The van der Waals surface area contributed by atoms with E-state index in [0.29, 0.717) is 17.7 Å². The molecular weight excluding hydrogens is 276 g/mol. The summed E-state index contributed by atoms with van der Waals surface area (Å²) in [6, 6.07) is 8.16. The van der Waals surface area contributed by atoms with E-state index >= 15 is 0 Å². The first-order chi connectivity index (χ1) is 10.5. The number of pyridine rings is 2. The second kappa shape index (κ2) is 7.25. The standard InChI is InChI=1S/C18H24N2O2/c1-12(2)14-10-15(20-17(11-14)21-4)9-13(3)16-7-6-8-19-18(16)22-5/h6-8,10-13H,9H2,1-5H3. The molecule has 2 rings (SSSR count). The molecule has 0 aliphatic rings. The van der Waals surface area contributed by atoms with Gasteiger partial charge in [0.15, 0.2) is 0 Å². The van der Waals surface area contributed by atoms with E-state index < -0.39 is 0 Å². The third kappa shape index (κ3) is 3.75. The quantitative estimate of drug-likeness (QED) is 0.810. The van der Waals surface area contributed by atoms with Crippen LogP contribution in [0.3, 0.4) is 0 Å². The number of rotatable bonds is 6. The lowest BCUT2D eigenvalue weighted by Gasteiger charge is -2.16. The summed E-state index contributed by atoms with van der Waals surface area (Å²) < 4.78 is 10.7. The molecule has 0 N–H and O–H groups in total. The smallest absolute Gasteiger partial charge is 0.216 e. The van der Waals surface area contributed by atoms with Crippen LogP contribution in [-0.4, -0.2) is 24.2 Å². The maximum Gasteiger partial charge on any atom is 0.216 e. The fourth-order valence-electron chi connectivity index (χ4n) is 2.50. The van der Waals surface area contributed by atoms with Gasteiger partial charge in [-0.1, -0.05) is 26.8 Å². The highest BCUT2D eigenvalue weighted by Gasteiger charge is 2.15. The first kappa shape index (κ1) is 16.3. The summed E-state index contributed by atoms with van der Waals surface area (Å²) in [5.74, 6) is 2.07. The third-order valence-electron chi connectivity index (χ3n) is 3.79. The zero-order chi connectivity index (χ0) is 16.1. The van der Waals surface area contributed by atoms with Crippen LogP contribution in [-0.2, 0) is 6.42 Å². The minimum Gasteiger partial charge on any atom is -0.481 e. The normalized spacial score (nSPS) is 12.3. The van der Waals surface area contributed by atoms with E-state index in [0.717, 1.165) is 17.7 Å². The van der Waals surface area contributed by atoms with Crippen molar-refractivity contribution in [2.45, 2.75) is 39.0 Å². The molecule has 2 aromatic heterocycles. The van der Waals surface area contributed by atoms with Crippen molar-refractivity contribution >= 4 is 0 Å². The zero-order valence-corrected chi connectivity index (χ0v) is 14.0. The van der Waals surface area contributed by atoms with Crippen LogP contribution in [0.5, 0.6) is 11.8 Å². The minimum atomic E-state index is 0.267. The van der Waals surface area contributed by atoms with E-state index in [1.807, 2.05) is 12.1 Å². The summed E-state index contributed by atoms with van der Waals surface area (Å²) >= 11 is 0. The Bertz CT molecular complexity index is 626. The van der Waals surface area contributed by atoms with Crippen LogP contribution in [0.15, 0.2) is 30.5 Å². The molecular formula is C18H24N2O2. The molecule has 0 bridgehead atoms. The second-order valence-electron chi connectivity index (χ2n) is 5.80. The molecule has 118 valence electrons. The van der Waals surface area contributed by atoms with E-state index in [-0.39, 0.29) is 5.92 Å². The van der Waals surface area contributed by atoms with Gasteiger partial charge in [-0.2, -0.15) is 0 Å². The number of ether oxygens (including phenoxy) is 2. The zero-order valence-electron chi connectivity index (χ0n) is 14.0. The van der Waals surface area contributed by atoms with Gasteiger partial charge < -0.3 is 9.47 Å². The Morgan fingerprint density at radius 2 is 1.86 bits per heavy atom. The van der Waals surface area contributed by atoms with Gasteiger partial charge in [0, 0.05) is 23.5 Å². The summed E-state index contributed by atoms with van der Waals surface area (Å²) in [5.41, 5.74) is 3.37. The Labute approximate surface area is 132 Å². The molecule has 2 heterocycles. The predicted molar refractivity (Wildman–Crippen MR) is 87.8 cm³/mol. The maximum absolute atomic E-state index is 5.35. The van der Waals surface area contributed by atoms with Crippen LogP contribution >= 0.6 is 0 Å². The van der Waals surface area contributed by atoms with Crippen molar-refractivity contribution in [1.29, 1.82) is 0 Å². The van der Waals surface area contributed by atoms with Gasteiger partial charge in [-0.25, -0.2) is 9.97 Å². The molecule has 0 aliphatic heterocycles. The first-order valence-corrected chi connectivity index (χ1v) is 7.59. The van der Waals surface area contributed by atoms with Crippen molar-refractivity contribution in [3.05, 3.63) is 47.3 Å². The second-order valence-corrected chi connectivity index (χ2v) is 5.80. The summed E-state index contributed by atoms with van der Waals surface area (Å²) in [4.78, 5) is 8.84. The first-order valence-electron chi connectivity index (χ1n) is 7.59. The van der Waals surface area contributed by atoms with Gasteiger partial charge in [0.25, 0.3) is 0 Å². The van der Waals surface area contributed by atoms with E-state index in [1.54, 1.807) is 20.4 Å². The van der Waals surface area contributed by atoms with Gasteiger partial charge in [-0.05, 0) is 36.0 Å². The molecule has 0 fully saturated rings. The van der Waals surface area contributed by atoms with Crippen molar-refractivity contribution in [3.63, 3.8) is 0 Å². The van der Waals surface area contributed by atoms with Crippen LogP contribution < -0.4 is 9.47 Å². The molecule has 0 saturated heterocycles. The number of hydrogen-bond acceptors (Lipinski definition) is 4. The number of methoxy groups -OCH3 is 2. The highest BCUT2D eigenvalue weighted by Crippen LogP contribution is 2.28. The minimum absolute atomic E-state index is 0.267. The fourth-order valence-corrected chi connectivity index (χ4v) is 2.50. The topological polar surface area (TPSA) is 44.2 Å². The molecule has 0 spiro atoms. The Kier molecular flexibility index (Phi) is 5.36. The van der Waals surface area contributed by atoms with Gasteiger partial charge in [-0.15, -0.1) is 0 Å². The lowest BCUT2D eigenvalue weighted by atomic mass is 9.95. The number of aromatic nitrogens is 2. The summed E-state index contributed by atoms with van der Waals surface area (Å²) in [5, 5.41) is 0. The van der Waals surface area contributed by atoms with Crippen molar-refractivity contribution in [2.24, 2.45) is 0 Å². The Morgan fingerprint density at radius 1 is 1.09 bits per heavy atom. The Balaban J connectivity index is 2.27. The molecule has 0 aromatic carbocycles. The Morgan fingerprint density at radius 3 is 2.50 bits per heavy atom. The van der Waals surface area contributed by atoms with Gasteiger partial charge in [-0.3, -0.25) is 0 Å². The highest BCUT2D eigenvalue weighted by molar-refractivity contribution is 5.32. The van der Waals surface area contributed by atoms with Crippen LogP contribution in [0.1, 0.15) is 49.4 Å². The SMILES string of the molecule is COc1cc(C(C)C)cc(CC(C)c2cccnc2OC)n1. The largest absolute Gasteiger partial charge is 0.481 e. The molecule has 1 atom stereocenters. The van der Waals surface area contributed by atoms with Crippen LogP contribution in [0, 0.1) is 0 Å². The molecule has 4 heteroatoms. The van der Waals surface area contributed by atoms with Gasteiger partial charge in [0.1, 0.15) is 0 Å². The number of hydrogen-bond donors (Lipinski definition) is 0. The van der Waals surface area contributed by atoms with Crippen molar-refractivity contribution in [2.75, 3.05) is 14.2 Å². The molecule has 0 saturated carbocycles. The maximum atomic E-state index is 5.35. The number of nitrogens with zero attached hydrogens (tertiary/aromatic N) is 2. The van der Waals surface area contributed by atoms with Crippen LogP contribution in [0.2, 0.25) is 0 Å². The summed E-state index contributed by atoms with van der Waals surface area (Å²) in [6.45, 7) is 6.51. The van der Waals surface area contributed by atoms with Crippen molar-refractivity contribution in [1.82, 2.24) is 9.97 Å². The molecule has 1 unspecified atom stereocenters. The fraction of sp³-hybridized carbons (Fsp3) is 0.444. The lowest BCUT2D eigenvalue weighted by Crippen LogP contribution is -2.05. The molecule has 0 amide bonds. The van der Waals surface area contributed by atoms with E-state index in [4.69, 9.17) is 9.47 Å².